The molecule has 31 heavy (non-hydrogen) atoms. The van der Waals surface area contributed by atoms with Gasteiger partial charge < -0.3 is 0 Å². The van der Waals surface area contributed by atoms with Gasteiger partial charge in [0.2, 0.25) is 0 Å². The van der Waals surface area contributed by atoms with Crippen LogP contribution in [-0.2, 0) is 10.1 Å². The lowest BCUT2D eigenvalue weighted by atomic mass is 10.1. The Balaban J connectivity index is 1.72. The number of hydrogen-bond donors (Lipinski definition) is 0. The van der Waals surface area contributed by atoms with Gasteiger partial charge in [-0.3, -0.25) is 9.08 Å². The van der Waals surface area contributed by atoms with E-state index in [-0.39, 0.29) is 4.90 Å². The van der Waals surface area contributed by atoms with Gasteiger partial charge in [-0.05, 0) is 66.1 Å². The molecular weight excluding hydrogens is 410 g/mol. The van der Waals surface area contributed by atoms with E-state index in [2.05, 4.69) is 0 Å². The number of aromatic nitrogens is 1. The molecule has 6 heteroatoms. The van der Waals surface area contributed by atoms with Gasteiger partial charge >= 0.3 is 10.1 Å². The Morgan fingerprint density at radius 2 is 1.48 bits per heavy atom. The van der Waals surface area contributed by atoms with Crippen LogP contribution >= 0.6 is 0 Å². The van der Waals surface area contributed by atoms with Gasteiger partial charge in [-0.2, -0.15) is 8.42 Å². The van der Waals surface area contributed by atoms with Crippen molar-refractivity contribution < 1.29 is 12.7 Å². The Kier molecular flexibility index (Phi) is 5.48. The molecule has 0 amide bonds. The standard InChI is InChI=1S/C25H21NO4S/c1-18-7-13-24(14-8-18)31(28,29)30-26-23(15-19(2)16-25(26)27)12-10-20-9-11-21-5-3-4-6-22(21)17-20/h3-17H,1-2H3/b12-10+. The van der Waals surface area contributed by atoms with Crippen LogP contribution in [-0.4, -0.2) is 13.1 Å². The first-order valence-electron chi connectivity index (χ1n) is 9.74. The zero-order valence-electron chi connectivity index (χ0n) is 17.1. The third kappa shape index (κ3) is 4.59. The summed E-state index contributed by atoms with van der Waals surface area (Å²) >= 11 is 0. The summed E-state index contributed by atoms with van der Waals surface area (Å²) < 4.78 is 31.5. The summed E-state index contributed by atoms with van der Waals surface area (Å²) in [5, 5.41) is 2.21. The van der Waals surface area contributed by atoms with Crippen LogP contribution in [0.2, 0.25) is 0 Å². The Morgan fingerprint density at radius 1 is 0.774 bits per heavy atom. The molecule has 0 atom stereocenters. The highest BCUT2D eigenvalue weighted by Gasteiger charge is 2.19. The molecule has 1 heterocycles. The molecule has 0 radical (unpaired) electrons. The maximum Gasteiger partial charge on any atom is 0.357 e. The Hall–Kier alpha value is -3.64. The highest BCUT2D eigenvalue weighted by atomic mass is 32.2. The summed E-state index contributed by atoms with van der Waals surface area (Å²) in [6.45, 7) is 3.63. The van der Waals surface area contributed by atoms with E-state index in [4.69, 9.17) is 4.28 Å². The van der Waals surface area contributed by atoms with E-state index in [1.807, 2.05) is 55.5 Å². The fourth-order valence-corrected chi connectivity index (χ4v) is 4.16. The maximum absolute atomic E-state index is 12.7. The molecule has 0 saturated carbocycles. The zero-order valence-corrected chi connectivity index (χ0v) is 18.0. The van der Waals surface area contributed by atoms with Gasteiger partial charge in [0.25, 0.3) is 5.56 Å². The fourth-order valence-electron chi connectivity index (χ4n) is 3.25. The monoisotopic (exact) mass is 431 g/mol. The maximum atomic E-state index is 12.7. The predicted octanol–water partition coefficient (Wildman–Crippen LogP) is 4.61. The second kappa shape index (κ2) is 8.24. The molecule has 0 aliphatic heterocycles. The van der Waals surface area contributed by atoms with Crippen LogP contribution in [0.15, 0.2) is 88.6 Å². The average Bonchev–Trinajstić information content (AvgIpc) is 2.74. The van der Waals surface area contributed by atoms with Gasteiger partial charge in [-0.15, -0.1) is 4.73 Å². The van der Waals surface area contributed by atoms with Crippen molar-refractivity contribution in [2.75, 3.05) is 0 Å². The molecule has 156 valence electrons. The van der Waals surface area contributed by atoms with Crippen LogP contribution in [0.1, 0.15) is 22.4 Å². The van der Waals surface area contributed by atoms with Gasteiger partial charge in [0.05, 0.1) is 5.69 Å². The predicted molar refractivity (Wildman–Crippen MR) is 123 cm³/mol. The van der Waals surface area contributed by atoms with E-state index in [1.54, 1.807) is 31.2 Å². The summed E-state index contributed by atoms with van der Waals surface area (Å²) in [5.74, 6) is 0. The minimum absolute atomic E-state index is 0.0185. The topological polar surface area (TPSA) is 65.4 Å². The molecule has 0 unspecified atom stereocenters. The quantitative estimate of drug-likeness (QED) is 0.463. The Bertz CT molecular complexity index is 1450. The van der Waals surface area contributed by atoms with E-state index in [0.717, 1.165) is 26.6 Å². The molecule has 4 aromatic rings. The summed E-state index contributed by atoms with van der Waals surface area (Å²) in [6.07, 6.45) is 3.49. The fraction of sp³-hybridized carbons (Fsp3) is 0.0800. The van der Waals surface area contributed by atoms with Crippen LogP contribution in [0, 0.1) is 13.8 Å². The molecule has 0 fully saturated rings. The minimum atomic E-state index is -4.17. The Labute approximate surface area is 180 Å². The van der Waals surface area contributed by atoms with Crippen LogP contribution < -0.4 is 9.84 Å². The highest BCUT2D eigenvalue weighted by Crippen LogP contribution is 2.18. The number of rotatable bonds is 5. The van der Waals surface area contributed by atoms with Crippen molar-refractivity contribution in [3.05, 3.63) is 112 Å². The number of nitrogens with zero attached hydrogens (tertiary/aromatic N) is 1. The van der Waals surface area contributed by atoms with Gasteiger partial charge in [0.1, 0.15) is 4.90 Å². The number of pyridine rings is 1. The van der Waals surface area contributed by atoms with E-state index in [0.29, 0.717) is 11.3 Å². The summed E-state index contributed by atoms with van der Waals surface area (Å²) in [7, 11) is -4.17. The third-order valence-corrected chi connectivity index (χ3v) is 6.06. The SMILES string of the molecule is Cc1ccc(S(=O)(=O)On2c(/C=C/c3ccc4ccccc4c3)cc(C)cc2=O)cc1. The second-order valence-electron chi connectivity index (χ2n) is 7.37. The zero-order chi connectivity index (χ0) is 22.0. The number of hydrogen-bond acceptors (Lipinski definition) is 4. The van der Waals surface area contributed by atoms with Crippen LogP contribution in [0.3, 0.4) is 0 Å². The Morgan fingerprint density at radius 3 is 2.23 bits per heavy atom. The van der Waals surface area contributed by atoms with E-state index < -0.39 is 15.7 Å². The minimum Gasteiger partial charge on any atom is -0.280 e. The molecule has 4 rings (SSSR count). The van der Waals surface area contributed by atoms with Crippen molar-refractivity contribution in [2.45, 2.75) is 18.7 Å². The first kappa shape index (κ1) is 20.6. The first-order chi connectivity index (χ1) is 14.8. The second-order valence-corrected chi connectivity index (χ2v) is 8.90. The van der Waals surface area contributed by atoms with Crippen LogP contribution in [0.5, 0.6) is 0 Å². The molecule has 3 aromatic carbocycles. The molecule has 0 aliphatic carbocycles. The average molecular weight is 432 g/mol. The normalized spacial score (nSPS) is 11.8. The lowest BCUT2D eigenvalue weighted by Crippen LogP contribution is -2.32. The van der Waals surface area contributed by atoms with Crippen molar-refractivity contribution in [3.8, 4) is 0 Å². The largest absolute Gasteiger partial charge is 0.357 e. The first-order valence-corrected chi connectivity index (χ1v) is 11.1. The molecule has 0 saturated heterocycles. The van der Waals surface area contributed by atoms with E-state index >= 15 is 0 Å². The number of aryl methyl sites for hydroxylation is 2. The van der Waals surface area contributed by atoms with Crippen LogP contribution in [0.4, 0.5) is 0 Å². The summed E-state index contributed by atoms with van der Waals surface area (Å²) in [6, 6.07) is 23.3. The molecule has 0 spiro atoms. The van der Waals surface area contributed by atoms with Crippen molar-refractivity contribution in [3.63, 3.8) is 0 Å². The van der Waals surface area contributed by atoms with Crippen molar-refractivity contribution in [1.29, 1.82) is 0 Å². The van der Waals surface area contributed by atoms with Gasteiger partial charge in [0, 0.05) is 6.07 Å². The third-order valence-electron chi connectivity index (χ3n) is 4.86. The van der Waals surface area contributed by atoms with Gasteiger partial charge in [-0.1, -0.05) is 60.2 Å². The molecular formula is C25H21NO4S. The molecule has 0 aliphatic rings. The lowest BCUT2D eigenvalue weighted by Gasteiger charge is -2.12. The van der Waals surface area contributed by atoms with E-state index in [1.165, 1.54) is 18.2 Å². The highest BCUT2D eigenvalue weighted by molar-refractivity contribution is 7.87. The van der Waals surface area contributed by atoms with Crippen molar-refractivity contribution >= 4 is 33.0 Å². The summed E-state index contributed by atoms with van der Waals surface area (Å²) in [4.78, 5) is 12.5. The van der Waals surface area contributed by atoms with Gasteiger partial charge in [-0.25, -0.2) is 0 Å². The van der Waals surface area contributed by atoms with Gasteiger partial charge in [0.15, 0.2) is 0 Å². The molecule has 1 aromatic heterocycles. The summed E-state index contributed by atoms with van der Waals surface area (Å²) in [5.41, 5.74) is 2.31. The molecule has 0 N–H and O–H groups in total. The van der Waals surface area contributed by atoms with E-state index in [9.17, 15) is 13.2 Å². The van der Waals surface area contributed by atoms with Crippen molar-refractivity contribution in [1.82, 2.24) is 4.73 Å². The number of benzene rings is 3. The smallest absolute Gasteiger partial charge is 0.280 e. The van der Waals surface area contributed by atoms with Crippen LogP contribution in [0.25, 0.3) is 22.9 Å². The molecule has 0 bridgehead atoms. The number of fused-ring (bicyclic) bond motifs is 1. The van der Waals surface area contributed by atoms with Crippen molar-refractivity contribution in [2.24, 2.45) is 0 Å². The molecule has 5 nitrogen and oxygen atoms in total. The lowest BCUT2D eigenvalue weighted by molar-refractivity contribution is 0.264.